The Balaban J connectivity index is 2.19. The van der Waals surface area contributed by atoms with Crippen LogP contribution >= 0.6 is 23.4 Å². The Labute approximate surface area is 121 Å². The highest BCUT2D eigenvalue weighted by Gasteiger charge is 2.19. The predicted molar refractivity (Wildman–Crippen MR) is 79.3 cm³/mol. The molecule has 0 aromatic carbocycles. The van der Waals surface area contributed by atoms with Gasteiger partial charge in [-0.1, -0.05) is 11.6 Å². The maximum absolute atomic E-state index is 10.9. The van der Waals surface area contributed by atoms with Crippen LogP contribution in [-0.4, -0.2) is 34.5 Å². The number of halogens is 1. The fraction of sp³-hybridized carbons (Fsp3) is 0.583. The van der Waals surface area contributed by atoms with Crippen molar-refractivity contribution in [3.05, 3.63) is 27.4 Å². The van der Waals surface area contributed by atoms with Gasteiger partial charge >= 0.3 is 0 Å². The molecule has 104 valence electrons. The van der Waals surface area contributed by atoms with E-state index in [0.717, 1.165) is 25.9 Å². The molecule has 0 amide bonds. The molecule has 1 fully saturated rings. The van der Waals surface area contributed by atoms with Gasteiger partial charge in [0.05, 0.1) is 17.1 Å². The topological polar surface area (TPSA) is 59.3 Å². The second-order valence-electron chi connectivity index (χ2n) is 4.54. The van der Waals surface area contributed by atoms with Gasteiger partial charge in [0.25, 0.3) is 5.69 Å². The van der Waals surface area contributed by atoms with Crippen molar-refractivity contribution in [1.82, 2.24) is 4.98 Å². The van der Waals surface area contributed by atoms with E-state index in [1.54, 1.807) is 0 Å². The lowest BCUT2D eigenvalue weighted by molar-refractivity contribution is -0.384. The zero-order valence-corrected chi connectivity index (χ0v) is 12.3. The Hall–Kier alpha value is -1.01. The summed E-state index contributed by atoms with van der Waals surface area (Å²) in [5.41, 5.74) is 0.000614. The van der Waals surface area contributed by atoms with Crippen LogP contribution in [0.1, 0.15) is 19.3 Å². The zero-order chi connectivity index (χ0) is 13.8. The predicted octanol–water partition coefficient (Wildman–Crippen LogP) is 3.37. The third-order valence-electron chi connectivity index (χ3n) is 3.31. The summed E-state index contributed by atoms with van der Waals surface area (Å²) in [6.07, 6.45) is 5.46. The first-order valence-electron chi connectivity index (χ1n) is 6.20. The number of hydrogen-bond donors (Lipinski definition) is 0. The molecule has 7 heteroatoms. The molecule has 0 radical (unpaired) electrons. The molecule has 0 saturated carbocycles. The first-order chi connectivity index (χ1) is 9.10. The Kier molecular flexibility index (Phi) is 4.87. The summed E-state index contributed by atoms with van der Waals surface area (Å²) in [6.45, 7) is 1.75. The van der Waals surface area contributed by atoms with Crippen molar-refractivity contribution < 1.29 is 4.92 Å². The van der Waals surface area contributed by atoms with Gasteiger partial charge in [-0.15, -0.1) is 0 Å². The summed E-state index contributed by atoms with van der Waals surface area (Å²) >= 11 is 7.75. The first-order valence-corrected chi connectivity index (χ1v) is 7.86. The average molecular weight is 302 g/mol. The normalized spacial score (nSPS) is 20.1. The van der Waals surface area contributed by atoms with E-state index in [2.05, 4.69) is 16.1 Å². The van der Waals surface area contributed by atoms with Gasteiger partial charge in [0.1, 0.15) is 11.0 Å². The monoisotopic (exact) mass is 301 g/mol. The molecule has 0 N–H and O–H groups in total. The third kappa shape index (κ3) is 3.73. The van der Waals surface area contributed by atoms with Gasteiger partial charge in [-0.3, -0.25) is 10.1 Å². The van der Waals surface area contributed by atoms with Gasteiger partial charge in [0, 0.05) is 18.3 Å². The number of pyridine rings is 1. The lowest BCUT2D eigenvalue weighted by Gasteiger charge is -2.21. The fourth-order valence-electron chi connectivity index (χ4n) is 2.27. The molecule has 1 atom stereocenters. The van der Waals surface area contributed by atoms with Crippen molar-refractivity contribution in [2.45, 2.75) is 24.5 Å². The van der Waals surface area contributed by atoms with Crippen LogP contribution in [0.5, 0.6) is 0 Å². The van der Waals surface area contributed by atoms with E-state index in [9.17, 15) is 10.1 Å². The highest BCUT2D eigenvalue weighted by Crippen LogP contribution is 2.27. The van der Waals surface area contributed by atoms with Gasteiger partial charge in [-0.25, -0.2) is 4.98 Å². The quantitative estimate of drug-likeness (QED) is 0.487. The molecule has 2 heterocycles. The number of aromatic nitrogens is 1. The molecule has 0 spiro atoms. The van der Waals surface area contributed by atoms with Crippen molar-refractivity contribution in [2.75, 3.05) is 24.2 Å². The second kappa shape index (κ2) is 6.43. The van der Waals surface area contributed by atoms with Crippen LogP contribution in [0.2, 0.25) is 5.15 Å². The number of rotatable bonds is 3. The van der Waals surface area contributed by atoms with E-state index in [0.29, 0.717) is 11.1 Å². The van der Waals surface area contributed by atoms with Crippen molar-refractivity contribution >= 4 is 34.9 Å². The largest absolute Gasteiger partial charge is 0.356 e. The fourth-order valence-corrected chi connectivity index (χ4v) is 3.21. The summed E-state index contributed by atoms with van der Waals surface area (Å²) < 4.78 is 0. The van der Waals surface area contributed by atoms with E-state index >= 15 is 0 Å². The van der Waals surface area contributed by atoms with Crippen LogP contribution in [0.25, 0.3) is 0 Å². The molecule has 1 aromatic heterocycles. The maximum Gasteiger partial charge on any atom is 0.276 e. The van der Waals surface area contributed by atoms with Crippen molar-refractivity contribution in [3.8, 4) is 0 Å². The lowest BCUT2D eigenvalue weighted by atomic mass is 10.2. The average Bonchev–Trinajstić information content (AvgIpc) is 2.63. The van der Waals surface area contributed by atoms with E-state index < -0.39 is 4.92 Å². The second-order valence-corrected chi connectivity index (χ2v) is 6.06. The van der Waals surface area contributed by atoms with Gasteiger partial charge in [-0.05, 0) is 25.5 Å². The van der Waals surface area contributed by atoms with Crippen LogP contribution in [0.15, 0.2) is 12.1 Å². The summed E-state index contributed by atoms with van der Waals surface area (Å²) in [7, 11) is 0. The molecule has 1 aliphatic heterocycles. The van der Waals surface area contributed by atoms with Gasteiger partial charge < -0.3 is 4.90 Å². The van der Waals surface area contributed by atoms with Crippen molar-refractivity contribution in [1.29, 1.82) is 0 Å². The molecule has 19 heavy (non-hydrogen) atoms. The number of anilines is 1. The molecule has 0 bridgehead atoms. The van der Waals surface area contributed by atoms with Crippen LogP contribution in [0, 0.1) is 10.1 Å². The Bertz CT molecular complexity index is 472. The minimum atomic E-state index is -0.431. The molecular formula is C12H16ClN3O2S. The first kappa shape index (κ1) is 14.4. The Morgan fingerprint density at radius 2 is 2.26 bits per heavy atom. The molecule has 5 nitrogen and oxygen atoms in total. The highest BCUT2D eigenvalue weighted by atomic mass is 35.5. The summed E-state index contributed by atoms with van der Waals surface area (Å²) in [4.78, 5) is 16.7. The number of hydrogen-bond acceptors (Lipinski definition) is 5. The molecule has 1 saturated heterocycles. The Morgan fingerprint density at radius 3 is 2.95 bits per heavy atom. The molecule has 1 aliphatic rings. The summed E-state index contributed by atoms with van der Waals surface area (Å²) in [5, 5.41) is 11.7. The number of nitrogens with zero attached hydrogens (tertiary/aromatic N) is 3. The lowest BCUT2D eigenvalue weighted by Crippen LogP contribution is -2.25. The minimum Gasteiger partial charge on any atom is -0.356 e. The van der Waals surface area contributed by atoms with Gasteiger partial charge in [0.15, 0.2) is 0 Å². The molecule has 1 aromatic rings. The SMILES string of the molecule is CSC1CCCN(c2cc([N+](=O)[O-])cc(Cl)n2)CC1. The zero-order valence-electron chi connectivity index (χ0n) is 10.7. The van der Waals surface area contributed by atoms with Crippen LogP contribution < -0.4 is 4.90 Å². The van der Waals surface area contributed by atoms with E-state index in [4.69, 9.17) is 11.6 Å². The van der Waals surface area contributed by atoms with Crippen LogP contribution in [-0.2, 0) is 0 Å². The van der Waals surface area contributed by atoms with Crippen LogP contribution in [0.3, 0.4) is 0 Å². The maximum atomic E-state index is 10.9. The summed E-state index contributed by atoms with van der Waals surface area (Å²) in [6, 6.07) is 2.79. The van der Waals surface area contributed by atoms with E-state index in [1.165, 1.54) is 18.6 Å². The van der Waals surface area contributed by atoms with Gasteiger partial charge in [-0.2, -0.15) is 11.8 Å². The van der Waals surface area contributed by atoms with Gasteiger partial charge in [0.2, 0.25) is 0 Å². The molecular weight excluding hydrogens is 286 g/mol. The molecule has 0 aliphatic carbocycles. The van der Waals surface area contributed by atoms with Crippen molar-refractivity contribution in [3.63, 3.8) is 0 Å². The van der Waals surface area contributed by atoms with E-state index in [1.807, 2.05) is 11.8 Å². The summed E-state index contributed by atoms with van der Waals surface area (Å²) in [5.74, 6) is 0.612. The standard InChI is InChI=1S/C12H16ClN3O2S/c1-19-10-3-2-5-15(6-4-10)12-8-9(16(17)18)7-11(13)14-12/h7-8,10H,2-6H2,1H3. The number of nitro groups is 1. The highest BCUT2D eigenvalue weighted by molar-refractivity contribution is 7.99. The third-order valence-corrected chi connectivity index (χ3v) is 4.64. The molecule has 2 rings (SSSR count). The minimum absolute atomic E-state index is 0.000614. The Morgan fingerprint density at radius 1 is 1.47 bits per heavy atom. The number of thioether (sulfide) groups is 1. The van der Waals surface area contributed by atoms with Crippen molar-refractivity contribution in [2.24, 2.45) is 0 Å². The molecule has 1 unspecified atom stereocenters. The van der Waals surface area contributed by atoms with E-state index in [-0.39, 0.29) is 10.8 Å². The smallest absolute Gasteiger partial charge is 0.276 e. The van der Waals surface area contributed by atoms with Crippen LogP contribution in [0.4, 0.5) is 11.5 Å².